The van der Waals surface area contributed by atoms with Gasteiger partial charge in [0.1, 0.15) is 0 Å². The lowest BCUT2D eigenvalue weighted by atomic mass is 9.90. The molecule has 1 aliphatic heterocycles. The standard InChI is InChI=1S/C18H28N4/c1-22-11-9-14(10-12-22)13-20-18(19)21-17-8-4-6-15-5-2-3-7-16(15)17/h4,6,8,14H,2-3,5,7,9-13H2,1H3,(H3,19,20,21). The van der Waals surface area contributed by atoms with Crippen molar-refractivity contribution < 1.29 is 0 Å². The molecule has 0 amide bonds. The summed E-state index contributed by atoms with van der Waals surface area (Å²) in [6.45, 7) is 3.21. The van der Waals surface area contributed by atoms with E-state index < -0.39 is 0 Å². The maximum atomic E-state index is 6.11. The molecule has 1 saturated heterocycles. The fourth-order valence-electron chi connectivity index (χ4n) is 3.55. The van der Waals surface area contributed by atoms with E-state index in [0.717, 1.165) is 18.7 Å². The third-order valence-corrected chi connectivity index (χ3v) is 5.02. The first-order valence-electron chi connectivity index (χ1n) is 8.58. The monoisotopic (exact) mass is 300 g/mol. The van der Waals surface area contributed by atoms with Crippen molar-refractivity contribution in [2.75, 3.05) is 32.0 Å². The molecule has 1 fully saturated rings. The van der Waals surface area contributed by atoms with Crippen molar-refractivity contribution in [3.05, 3.63) is 29.3 Å². The Morgan fingerprint density at radius 2 is 2.05 bits per heavy atom. The second-order valence-corrected chi connectivity index (χ2v) is 6.75. The van der Waals surface area contributed by atoms with E-state index in [1.807, 2.05) is 0 Å². The summed E-state index contributed by atoms with van der Waals surface area (Å²) in [5.41, 5.74) is 10.2. The van der Waals surface area contributed by atoms with E-state index in [1.165, 1.54) is 56.3 Å². The van der Waals surface area contributed by atoms with Gasteiger partial charge in [0.05, 0.1) is 0 Å². The molecule has 0 saturated carbocycles. The molecule has 0 bridgehead atoms. The number of aryl methyl sites for hydroxylation is 1. The molecule has 1 aromatic carbocycles. The van der Waals surface area contributed by atoms with Crippen LogP contribution in [0.1, 0.15) is 36.8 Å². The Morgan fingerprint density at radius 3 is 2.86 bits per heavy atom. The highest BCUT2D eigenvalue weighted by Gasteiger charge is 2.16. The molecule has 120 valence electrons. The van der Waals surface area contributed by atoms with E-state index in [-0.39, 0.29) is 0 Å². The average Bonchev–Trinajstić information content (AvgIpc) is 2.55. The molecule has 3 N–H and O–H groups in total. The summed E-state index contributed by atoms with van der Waals surface area (Å²) in [4.78, 5) is 6.97. The first-order valence-corrected chi connectivity index (χ1v) is 8.58. The molecule has 2 aliphatic rings. The molecule has 1 aliphatic carbocycles. The van der Waals surface area contributed by atoms with Crippen LogP contribution in [0.5, 0.6) is 0 Å². The number of aliphatic imine (C=N–C) groups is 1. The number of nitrogens with zero attached hydrogens (tertiary/aromatic N) is 2. The molecule has 0 atom stereocenters. The van der Waals surface area contributed by atoms with Gasteiger partial charge in [-0.25, -0.2) is 0 Å². The minimum absolute atomic E-state index is 0.568. The largest absolute Gasteiger partial charge is 0.370 e. The molecule has 1 aromatic rings. The van der Waals surface area contributed by atoms with Crippen LogP contribution in [0, 0.1) is 5.92 Å². The van der Waals surface area contributed by atoms with Crippen molar-refractivity contribution in [1.29, 1.82) is 0 Å². The number of nitrogens with one attached hydrogen (secondary N) is 1. The van der Waals surface area contributed by atoms with Gasteiger partial charge in [0.25, 0.3) is 0 Å². The van der Waals surface area contributed by atoms with Crippen molar-refractivity contribution >= 4 is 11.6 Å². The first kappa shape index (κ1) is 15.3. The summed E-state index contributed by atoms with van der Waals surface area (Å²) in [6.07, 6.45) is 7.38. The van der Waals surface area contributed by atoms with Gasteiger partial charge in [-0.2, -0.15) is 0 Å². The second kappa shape index (κ2) is 7.14. The van der Waals surface area contributed by atoms with Gasteiger partial charge >= 0.3 is 0 Å². The predicted octanol–water partition coefficient (Wildman–Crippen LogP) is 2.63. The minimum atomic E-state index is 0.568. The molecule has 4 heteroatoms. The van der Waals surface area contributed by atoms with Crippen molar-refractivity contribution in [1.82, 2.24) is 4.90 Å². The zero-order chi connectivity index (χ0) is 15.4. The van der Waals surface area contributed by atoms with Crippen LogP contribution in [0.3, 0.4) is 0 Å². The summed E-state index contributed by atoms with van der Waals surface area (Å²) >= 11 is 0. The zero-order valence-electron chi connectivity index (χ0n) is 13.6. The van der Waals surface area contributed by atoms with Crippen LogP contribution in [0.2, 0.25) is 0 Å². The van der Waals surface area contributed by atoms with Gasteiger partial charge in [0.15, 0.2) is 5.96 Å². The minimum Gasteiger partial charge on any atom is -0.370 e. The molecule has 0 unspecified atom stereocenters. The summed E-state index contributed by atoms with van der Waals surface area (Å²) in [5.74, 6) is 1.25. The topological polar surface area (TPSA) is 53.6 Å². The highest BCUT2D eigenvalue weighted by Crippen LogP contribution is 2.27. The van der Waals surface area contributed by atoms with Gasteiger partial charge < -0.3 is 16.0 Å². The number of fused-ring (bicyclic) bond motifs is 1. The first-order chi connectivity index (χ1) is 10.7. The SMILES string of the molecule is CN1CCC(CN=C(N)Nc2cccc3c2CCCC3)CC1. The van der Waals surface area contributed by atoms with Crippen molar-refractivity contribution in [3.8, 4) is 0 Å². The van der Waals surface area contributed by atoms with Crippen LogP contribution in [-0.4, -0.2) is 37.5 Å². The second-order valence-electron chi connectivity index (χ2n) is 6.75. The Kier molecular flexibility index (Phi) is 4.98. The molecule has 22 heavy (non-hydrogen) atoms. The number of likely N-dealkylation sites (tertiary alicyclic amines) is 1. The maximum absolute atomic E-state index is 6.11. The average molecular weight is 300 g/mol. The molecule has 0 spiro atoms. The van der Waals surface area contributed by atoms with Gasteiger partial charge in [-0.3, -0.25) is 4.99 Å². The Labute approximate surface area is 133 Å². The van der Waals surface area contributed by atoms with Crippen LogP contribution in [0.4, 0.5) is 5.69 Å². The van der Waals surface area contributed by atoms with E-state index in [4.69, 9.17) is 5.73 Å². The molecule has 3 rings (SSSR count). The van der Waals surface area contributed by atoms with E-state index in [2.05, 4.69) is 40.5 Å². The predicted molar refractivity (Wildman–Crippen MR) is 93.4 cm³/mol. The van der Waals surface area contributed by atoms with Crippen LogP contribution in [0.15, 0.2) is 23.2 Å². The van der Waals surface area contributed by atoms with Crippen molar-refractivity contribution in [2.45, 2.75) is 38.5 Å². The van der Waals surface area contributed by atoms with Crippen LogP contribution < -0.4 is 11.1 Å². The molecule has 0 aromatic heterocycles. The van der Waals surface area contributed by atoms with Crippen LogP contribution in [0.25, 0.3) is 0 Å². The summed E-state index contributed by atoms with van der Waals surface area (Å²) in [7, 11) is 2.19. The normalized spacial score (nSPS) is 20.7. The Balaban J connectivity index is 1.59. The molecule has 0 radical (unpaired) electrons. The van der Waals surface area contributed by atoms with E-state index >= 15 is 0 Å². The van der Waals surface area contributed by atoms with Gasteiger partial charge in [0.2, 0.25) is 0 Å². The Hall–Kier alpha value is -1.55. The number of anilines is 1. The lowest BCUT2D eigenvalue weighted by molar-refractivity contribution is 0.224. The van der Waals surface area contributed by atoms with E-state index in [0.29, 0.717) is 11.9 Å². The smallest absolute Gasteiger partial charge is 0.193 e. The van der Waals surface area contributed by atoms with Crippen LogP contribution >= 0.6 is 0 Å². The fourth-order valence-corrected chi connectivity index (χ4v) is 3.55. The van der Waals surface area contributed by atoms with Crippen molar-refractivity contribution in [2.24, 2.45) is 16.6 Å². The highest BCUT2D eigenvalue weighted by atomic mass is 15.1. The summed E-state index contributed by atoms with van der Waals surface area (Å²) in [6, 6.07) is 6.49. The Morgan fingerprint density at radius 1 is 1.27 bits per heavy atom. The van der Waals surface area contributed by atoms with E-state index in [1.54, 1.807) is 0 Å². The number of hydrogen-bond donors (Lipinski definition) is 2. The number of guanidine groups is 1. The molecular formula is C18H28N4. The maximum Gasteiger partial charge on any atom is 0.193 e. The third kappa shape index (κ3) is 3.80. The molecule has 4 nitrogen and oxygen atoms in total. The van der Waals surface area contributed by atoms with Crippen molar-refractivity contribution in [3.63, 3.8) is 0 Å². The quantitative estimate of drug-likeness (QED) is 0.666. The number of benzene rings is 1. The number of rotatable bonds is 3. The summed E-state index contributed by atoms with van der Waals surface area (Å²) in [5, 5.41) is 3.34. The highest BCUT2D eigenvalue weighted by molar-refractivity contribution is 5.93. The lowest BCUT2D eigenvalue weighted by Gasteiger charge is -2.27. The van der Waals surface area contributed by atoms with Gasteiger partial charge in [-0.05, 0) is 81.8 Å². The van der Waals surface area contributed by atoms with Gasteiger partial charge in [0, 0.05) is 12.2 Å². The van der Waals surface area contributed by atoms with Crippen LogP contribution in [-0.2, 0) is 12.8 Å². The third-order valence-electron chi connectivity index (χ3n) is 5.02. The van der Waals surface area contributed by atoms with E-state index in [9.17, 15) is 0 Å². The number of piperidine rings is 1. The van der Waals surface area contributed by atoms with Gasteiger partial charge in [-0.1, -0.05) is 12.1 Å². The zero-order valence-corrected chi connectivity index (χ0v) is 13.6. The molecular weight excluding hydrogens is 272 g/mol. The Bertz CT molecular complexity index is 530. The lowest BCUT2D eigenvalue weighted by Crippen LogP contribution is -2.32. The summed E-state index contributed by atoms with van der Waals surface area (Å²) < 4.78 is 0. The number of nitrogens with two attached hydrogens (primary N) is 1. The number of hydrogen-bond acceptors (Lipinski definition) is 2. The fraction of sp³-hybridized carbons (Fsp3) is 0.611. The van der Waals surface area contributed by atoms with Gasteiger partial charge in [-0.15, -0.1) is 0 Å². The molecule has 1 heterocycles.